The van der Waals surface area contributed by atoms with E-state index in [9.17, 15) is 4.79 Å². The Bertz CT molecular complexity index is 710. The summed E-state index contributed by atoms with van der Waals surface area (Å²) in [5.41, 5.74) is 7.06. The van der Waals surface area contributed by atoms with Gasteiger partial charge in [-0.1, -0.05) is 24.3 Å². The number of hydrogen-bond acceptors (Lipinski definition) is 3. The Morgan fingerprint density at radius 1 is 1.26 bits per heavy atom. The minimum Gasteiger partial charge on any atom is -0.497 e. The molecule has 1 aliphatic rings. The van der Waals surface area contributed by atoms with E-state index in [4.69, 9.17) is 10.5 Å². The number of carbonyl (C=O) groups excluding carboxylic acids is 1. The largest absolute Gasteiger partial charge is 0.497 e. The third-order valence-electron chi connectivity index (χ3n) is 4.70. The van der Waals surface area contributed by atoms with E-state index >= 15 is 0 Å². The molecule has 0 heterocycles. The minimum absolute atomic E-state index is 0.0361. The summed E-state index contributed by atoms with van der Waals surface area (Å²) in [6.45, 7) is 2.50. The SMILES string of the molecule is COc1ccc2cc(C(C)C(=O)NCC(N)C3CC3)ccc2c1. The number of ether oxygens (including phenoxy) is 1. The average molecular weight is 312 g/mol. The highest BCUT2D eigenvalue weighted by Gasteiger charge is 2.28. The highest BCUT2D eigenvalue weighted by Crippen LogP contribution is 2.31. The van der Waals surface area contributed by atoms with E-state index in [0.29, 0.717) is 12.5 Å². The molecule has 2 aromatic rings. The van der Waals surface area contributed by atoms with Crippen molar-refractivity contribution in [3.8, 4) is 5.75 Å². The van der Waals surface area contributed by atoms with Gasteiger partial charge < -0.3 is 15.8 Å². The van der Waals surface area contributed by atoms with E-state index in [1.165, 1.54) is 12.8 Å². The lowest BCUT2D eigenvalue weighted by Gasteiger charge is -2.16. The Balaban J connectivity index is 1.69. The second kappa shape index (κ2) is 6.59. The number of fused-ring (bicyclic) bond motifs is 1. The van der Waals surface area contributed by atoms with Gasteiger partial charge in [-0.05, 0) is 54.2 Å². The first kappa shape index (κ1) is 15.8. The van der Waals surface area contributed by atoms with E-state index in [0.717, 1.165) is 22.1 Å². The second-order valence-electron chi connectivity index (χ2n) is 6.44. The number of methoxy groups -OCH3 is 1. The molecule has 23 heavy (non-hydrogen) atoms. The molecule has 1 amide bonds. The minimum atomic E-state index is -0.187. The van der Waals surface area contributed by atoms with Crippen molar-refractivity contribution in [1.29, 1.82) is 0 Å². The highest BCUT2D eigenvalue weighted by molar-refractivity contribution is 5.88. The molecule has 3 N–H and O–H groups in total. The fraction of sp³-hybridized carbons (Fsp3) is 0.421. The van der Waals surface area contributed by atoms with E-state index < -0.39 is 0 Å². The van der Waals surface area contributed by atoms with Crippen LogP contribution in [-0.2, 0) is 4.79 Å². The smallest absolute Gasteiger partial charge is 0.227 e. The first-order valence-electron chi connectivity index (χ1n) is 8.19. The monoisotopic (exact) mass is 312 g/mol. The van der Waals surface area contributed by atoms with Crippen LogP contribution in [0.4, 0.5) is 0 Å². The van der Waals surface area contributed by atoms with Crippen molar-refractivity contribution in [3.63, 3.8) is 0 Å². The van der Waals surface area contributed by atoms with Gasteiger partial charge in [0.1, 0.15) is 5.75 Å². The molecule has 1 saturated carbocycles. The average Bonchev–Trinajstić information content (AvgIpc) is 3.42. The second-order valence-corrected chi connectivity index (χ2v) is 6.44. The normalized spacial score (nSPS) is 16.8. The van der Waals surface area contributed by atoms with Crippen LogP contribution in [0, 0.1) is 5.92 Å². The first-order chi connectivity index (χ1) is 11.1. The summed E-state index contributed by atoms with van der Waals surface area (Å²) in [7, 11) is 1.66. The molecule has 0 bridgehead atoms. The number of benzene rings is 2. The number of amides is 1. The molecule has 2 unspecified atom stereocenters. The topological polar surface area (TPSA) is 64.3 Å². The molecule has 0 aliphatic heterocycles. The molecule has 0 saturated heterocycles. The van der Waals surface area contributed by atoms with Crippen molar-refractivity contribution in [1.82, 2.24) is 5.32 Å². The maximum Gasteiger partial charge on any atom is 0.227 e. The van der Waals surface area contributed by atoms with Crippen molar-refractivity contribution < 1.29 is 9.53 Å². The Morgan fingerprint density at radius 2 is 1.96 bits per heavy atom. The molecule has 2 atom stereocenters. The molecular formula is C19H24N2O2. The Morgan fingerprint density at radius 3 is 2.65 bits per heavy atom. The fourth-order valence-electron chi connectivity index (χ4n) is 2.85. The summed E-state index contributed by atoms with van der Waals surface area (Å²) in [4.78, 5) is 12.3. The van der Waals surface area contributed by atoms with Crippen LogP contribution in [0.2, 0.25) is 0 Å². The molecule has 0 spiro atoms. The zero-order valence-electron chi connectivity index (χ0n) is 13.7. The van der Waals surface area contributed by atoms with Gasteiger partial charge in [0.2, 0.25) is 5.91 Å². The fourth-order valence-corrected chi connectivity index (χ4v) is 2.85. The Labute approximate surface area is 137 Å². The highest BCUT2D eigenvalue weighted by atomic mass is 16.5. The van der Waals surface area contributed by atoms with Crippen molar-refractivity contribution in [2.75, 3.05) is 13.7 Å². The zero-order chi connectivity index (χ0) is 16.4. The van der Waals surface area contributed by atoms with E-state index in [1.54, 1.807) is 7.11 Å². The van der Waals surface area contributed by atoms with Gasteiger partial charge in [0.05, 0.1) is 13.0 Å². The van der Waals surface area contributed by atoms with Crippen LogP contribution in [0.25, 0.3) is 10.8 Å². The number of nitrogens with two attached hydrogens (primary N) is 1. The molecule has 1 fully saturated rings. The maximum atomic E-state index is 12.3. The van der Waals surface area contributed by atoms with Crippen molar-refractivity contribution in [2.45, 2.75) is 31.7 Å². The van der Waals surface area contributed by atoms with Gasteiger partial charge in [-0.2, -0.15) is 0 Å². The maximum absolute atomic E-state index is 12.3. The molecule has 4 heteroatoms. The van der Waals surface area contributed by atoms with E-state index in [-0.39, 0.29) is 17.9 Å². The molecule has 0 radical (unpaired) electrons. The molecule has 0 aromatic heterocycles. The van der Waals surface area contributed by atoms with Crippen LogP contribution in [0.15, 0.2) is 36.4 Å². The molecule has 2 aromatic carbocycles. The summed E-state index contributed by atoms with van der Waals surface area (Å²) >= 11 is 0. The van der Waals surface area contributed by atoms with Crippen LogP contribution in [0.1, 0.15) is 31.2 Å². The van der Waals surface area contributed by atoms with Gasteiger partial charge >= 0.3 is 0 Å². The summed E-state index contributed by atoms with van der Waals surface area (Å²) in [5, 5.41) is 5.20. The van der Waals surface area contributed by atoms with Gasteiger partial charge in [-0.3, -0.25) is 4.79 Å². The predicted octanol–water partition coefficient (Wildman–Crippen LogP) is 2.81. The lowest BCUT2D eigenvalue weighted by Crippen LogP contribution is -2.40. The van der Waals surface area contributed by atoms with Crippen LogP contribution < -0.4 is 15.8 Å². The molecule has 3 rings (SSSR count). The molecular weight excluding hydrogens is 288 g/mol. The van der Waals surface area contributed by atoms with Gasteiger partial charge in [-0.25, -0.2) is 0 Å². The number of carbonyl (C=O) groups is 1. The first-order valence-corrected chi connectivity index (χ1v) is 8.19. The van der Waals surface area contributed by atoms with Gasteiger partial charge in [-0.15, -0.1) is 0 Å². The molecule has 122 valence electrons. The summed E-state index contributed by atoms with van der Waals surface area (Å²) in [6, 6.07) is 12.2. The molecule has 1 aliphatic carbocycles. The van der Waals surface area contributed by atoms with Crippen LogP contribution in [0.5, 0.6) is 5.75 Å². The lowest BCUT2D eigenvalue weighted by atomic mass is 9.97. The predicted molar refractivity (Wildman–Crippen MR) is 92.6 cm³/mol. The summed E-state index contributed by atoms with van der Waals surface area (Å²) in [6.07, 6.45) is 2.39. The quantitative estimate of drug-likeness (QED) is 0.862. The van der Waals surface area contributed by atoms with Crippen LogP contribution in [-0.4, -0.2) is 25.6 Å². The Kier molecular flexibility index (Phi) is 4.53. The van der Waals surface area contributed by atoms with Crippen LogP contribution in [0.3, 0.4) is 0 Å². The number of hydrogen-bond donors (Lipinski definition) is 2. The van der Waals surface area contributed by atoms with Crippen molar-refractivity contribution >= 4 is 16.7 Å². The lowest BCUT2D eigenvalue weighted by molar-refractivity contribution is -0.122. The standard InChI is InChI=1S/C19H24N2O2/c1-12(19(22)21-11-18(20)13-3-4-13)14-5-6-16-10-17(23-2)8-7-15(16)9-14/h5-10,12-13,18H,3-4,11,20H2,1-2H3,(H,21,22). The summed E-state index contributed by atoms with van der Waals surface area (Å²) < 4.78 is 5.24. The van der Waals surface area contributed by atoms with Gasteiger partial charge in [0, 0.05) is 12.6 Å². The van der Waals surface area contributed by atoms with Gasteiger partial charge in [0.15, 0.2) is 0 Å². The van der Waals surface area contributed by atoms with Crippen LogP contribution >= 0.6 is 0 Å². The number of rotatable bonds is 6. The summed E-state index contributed by atoms with van der Waals surface area (Å²) in [5.74, 6) is 1.29. The van der Waals surface area contributed by atoms with Crippen molar-refractivity contribution in [2.24, 2.45) is 11.7 Å². The number of nitrogens with one attached hydrogen (secondary N) is 1. The van der Waals surface area contributed by atoms with Crippen molar-refractivity contribution in [3.05, 3.63) is 42.0 Å². The Hall–Kier alpha value is -2.07. The van der Waals surface area contributed by atoms with E-state index in [1.807, 2.05) is 37.3 Å². The zero-order valence-corrected chi connectivity index (χ0v) is 13.7. The molecule has 4 nitrogen and oxygen atoms in total. The van der Waals surface area contributed by atoms with E-state index in [2.05, 4.69) is 11.4 Å². The third-order valence-corrected chi connectivity index (χ3v) is 4.70. The third kappa shape index (κ3) is 3.64. The van der Waals surface area contributed by atoms with Gasteiger partial charge in [0.25, 0.3) is 0 Å².